The van der Waals surface area contributed by atoms with E-state index in [0.717, 1.165) is 27.1 Å². The second-order valence-corrected chi connectivity index (χ2v) is 10.9. The van der Waals surface area contributed by atoms with Crippen molar-refractivity contribution in [1.29, 1.82) is 0 Å². The van der Waals surface area contributed by atoms with Gasteiger partial charge < -0.3 is 14.2 Å². The summed E-state index contributed by atoms with van der Waals surface area (Å²) in [4.78, 5) is 33.0. The molecule has 6 rings (SSSR count). The van der Waals surface area contributed by atoms with E-state index in [0.29, 0.717) is 44.3 Å². The number of para-hydroxylation sites is 1. The molecule has 1 aliphatic rings. The van der Waals surface area contributed by atoms with Gasteiger partial charge in [-0.25, -0.2) is 9.79 Å². The minimum Gasteiger partial charge on any atom is -0.493 e. The molecular weight excluding hydrogens is 548 g/mol. The lowest BCUT2D eigenvalue weighted by Crippen LogP contribution is -2.40. The maximum Gasteiger partial charge on any atom is 0.338 e. The van der Waals surface area contributed by atoms with Gasteiger partial charge >= 0.3 is 5.97 Å². The zero-order valence-corrected chi connectivity index (χ0v) is 24.7. The number of thiazole rings is 1. The molecule has 4 aromatic carbocycles. The van der Waals surface area contributed by atoms with Crippen molar-refractivity contribution in [3.63, 3.8) is 0 Å². The van der Waals surface area contributed by atoms with Crippen LogP contribution in [0.15, 0.2) is 93.9 Å². The van der Waals surface area contributed by atoms with Gasteiger partial charge in [-0.2, -0.15) is 0 Å². The summed E-state index contributed by atoms with van der Waals surface area (Å²) in [6.45, 7) is 5.97. The van der Waals surface area contributed by atoms with Crippen LogP contribution in [0.3, 0.4) is 0 Å². The van der Waals surface area contributed by atoms with E-state index in [-0.39, 0.29) is 12.2 Å². The summed E-state index contributed by atoms with van der Waals surface area (Å²) in [6, 6.07) is 23.1. The summed E-state index contributed by atoms with van der Waals surface area (Å²) in [5, 5.41) is 4.28. The predicted molar refractivity (Wildman–Crippen MR) is 166 cm³/mol. The van der Waals surface area contributed by atoms with E-state index in [1.54, 1.807) is 31.6 Å². The molecular formula is C34H30N2O5S. The summed E-state index contributed by atoms with van der Waals surface area (Å²) in [6.07, 6.45) is 1.95. The number of rotatable bonds is 7. The van der Waals surface area contributed by atoms with Crippen LogP contribution in [-0.4, -0.2) is 30.9 Å². The molecule has 0 unspecified atom stereocenters. The van der Waals surface area contributed by atoms with Gasteiger partial charge in [-0.15, -0.1) is 0 Å². The van der Waals surface area contributed by atoms with Gasteiger partial charge in [-0.05, 0) is 66.1 Å². The van der Waals surface area contributed by atoms with Gasteiger partial charge in [0.15, 0.2) is 16.3 Å². The molecule has 0 aliphatic carbocycles. The Morgan fingerprint density at radius 1 is 0.976 bits per heavy atom. The maximum atomic E-state index is 14.4. The van der Waals surface area contributed by atoms with Crippen LogP contribution in [0, 0.1) is 0 Å². The first-order valence-corrected chi connectivity index (χ1v) is 14.7. The van der Waals surface area contributed by atoms with Crippen molar-refractivity contribution in [2.45, 2.75) is 26.8 Å². The minimum absolute atomic E-state index is 0.192. The Morgan fingerprint density at radius 2 is 1.67 bits per heavy atom. The monoisotopic (exact) mass is 578 g/mol. The van der Waals surface area contributed by atoms with Gasteiger partial charge in [0, 0.05) is 5.56 Å². The summed E-state index contributed by atoms with van der Waals surface area (Å²) >= 11 is 1.30. The lowest BCUT2D eigenvalue weighted by Gasteiger charge is -2.26. The fraction of sp³-hybridized carbons (Fsp3) is 0.206. The Labute approximate surface area is 246 Å². The number of hydrogen-bond acceptors (Lipinski definition) is 7. The largest absolute Gasteiger partial charge is 0.493 e. The zero-order valence-electron chi connectivity index (χ0n) is 23.8. The van der Waals surface area contributed by atoms with Crippen molar-refractivity contribution >= 4 is 44.9 Å². The zero-order chi connectivity index (χ0) is 29.4. The molecule has 1 atom stereocenters. The van der Waals surface area contributed by atoms with Crippen molar-refractivity contribution in [2.75, 3.05) is 20.3 Å². The van der Waals surface area contributed by atoms with Gasteiger partial charge in [0.1, 0.15) is 6.04 Å². The topological polar surface area (TPSA) is 79.1 Å². The number of fused-ring (bicyclic) bond motifs is 3. The Kier molecular flexibility index (Phi) is 7.39. The van der Waals surface area contributed by atoms with E-state index in [1.165, 1.54) is 11.3 Å². The number of carbonyl (C=O) groups excluding carboxylic acids is 1. The van der Waals surface area contributed by atoms with Crippen LogP contribution in [-0.2, 0) is 9.53 Å². The molecule has 0 radical (unpaired) electrons. The van der Waals surface area contributed by atoms with Gasteiger partial charge in [0.05, 0.1) is 36.1 Å². The third kappa shape index (κ3) is 4.58. The highest BCUT2D eigenvalue weighted by molar-refractivity contribution is 7.07. The molecule has 212 valence electrons. The third-order valence-corrected chi connectivity index (χ3v) is 8.40. The fourth-order valence-corrected chi connectivity index (χ4v) is 6.66. The molecule has 7 nitrogen and oxygen atoms in total. The van der Waals surface area contributed by atoms with Crippen molar-refractivity contribution in [1.82, 2.24) is 4.57 Å². The number of ether oxygens (including phenoxy) is 3. The van der Waals surface area contributed by atoms with Crippen LogP contribution in [0.2, 0.25) is 0 Å². The Hall–Kier alpha value is -4.69. The number of methoxy groups -OCH3 is 1. The highest BCUT2D eigenvalue weighted by atomic mass is 32.1. The number of benzene rings is 4. The van der Waals surface area contributed by atoms with Gasteiger partial charge in [-0.1, -0.05) is 72.0 Å². The lowest BCUT2D eigenvalue weighted by atomic mass is 9.94. The molecule has 1 aromatic heterocycles. The Balaban J connectivity index is 1.66. The quantitative estimate of drug-likeness (QED) is 0.188. The maximum absolute atomic E-state index is 14.4. The molecule has 0 spiro atoms. The highest BCUT2D eigenvalue weighted by Crippen LogP contribution is 2.41. The smallest absolute Gasteiger partial charge is 0.338 e. The van der Waals surface area contributed by atoms with Gasteiger partial charge in [0.2, 0.25) is 0 Å². The number of aromatic nitrogens is 1. The molecule has 0 amide bonds. The number of allylic oxidation sites excluding steroid dienone is 1. The normalized spacial score (nSPS) is 15.0. The van der Waals surface area contributed by atoms with Crippen molar-refractivity contribution in [3.05, 3.63) is 115 Å². The molecule has 0 N–H and O–H groups in total. The molecule has 0 saturated heterocycles. The van der Waals surface area contributed by atoms with Crippen LogP contribution in [0.1, 0.15) is 37.9 Å². The van der Waals surface area contributed by atoms with E-state index in [2.05, 4.69) is 30.3 Å². The average molecular weight is 579 g/mol. The molecule has 0 bridgehead atoms. The molecule has 2 heterocycles. The lowest BCUT2D eigenvalue weighted by molar-refractivity contribution is -0.139. The first-order valence-electron chi connectivity index (χ1n) is 13.9. The number of carbonyl (C=O) groups is 1. The molecule has 0 saturated carbocycles. The van der Waals surface area contributed by atoms with Crippen molar-refractivity contribution < 1.29 is 19.0 Å². The molecule has 1 aliphatic heterocycles. The van der Waals surface area contributed by atoms with Crippen LogP contribution in [0.25, 0.3) is 27.6 Å². The van der Waals surface area contributed by atoms with Crippen LogP contribution < -0.4 is 24.4 Å². The van der Waals surface area contributed by atoms with E-state index in [9.17, 15) is 9.59 Å². The standard InChI is InChI=1S/C34H30N2O5S/c1-5-40-31-25(16-11-17-27(31)39-4)30-29(33(38)41-6-2)20(3)35-34-36(30)32(37)28(42-34)19-26-23-14-9-7-12-21(23)18-22-13-8-10-15-24(22)26/h7-19,30H,5-6H2,1-4H3/t30-/m1/s1. The Bertz CT molecular complexity index is 2020. The molecule has 5 aromatic rings. The van der Waals surface area contributed by atoms with E-state index in [4.69, 9.17) is 19.2 Å². The first kappa shape index (κ1) is 27.5. The van der Waals surface area contributed by atoms with Gasteiger partial charge in [0.25, 0.3) is 5.56 Å². The van der Waals surface area contributed by atoms with Crippen LogP contribution in [0.5, 0.6) is 11.5 Å². The predicted octanol–water partition coefficient (Wildman–Crippen LogP) is 5.51. The van der Waals surface area contributed by atoms with Crippen LogP contribution >= 0.6 is 11.3 Å². The summed E-state index contributed by atoms with van der Waals surface area (Å²) in [7, 11) is 1.56. The van der Waals surface area contributed by atoms with Crippen molar-refractivity contribution in [2.24, 2.45) is 4.99 Å². The van der Waals surface area contributed by atoms with E-state index < -0.39 is 12.0 Å². The SMILES string of the molecule is CCOC(=O)C1=C(C)N=c2sc(=Cc3c4ccccc4cc4ccccc34)c(=O)n2[C@@H]1c1cccc(OC)c1OCC. The van der Waals surface area contributed by atoms with E-state index in [1.807, 2.05) is 49.4 Å². The highest BCUT2D eigenvalue weighted by Gasteiger charge is 2.36. The number of nitrogens with zero attached hydrogens (tertiary/aromatic N) is 2. The summed E-state index contributed by atoms with van der Waals surface area (Å²) in [5.74, 6) is 0.457. The average Bonchev–Trinajstić information content (AvgIpc) is 3.30. The molecule has 8 heteroatoms. The summed E-state index contributed by atoms with van der Waals surface area (Å²) in [5.41, 5.74) is 2.12. The van der Waals surface area contributed by atoms with Crippen molar-refractivity contribution in [3.8, 4) is 11.5 Å². The molecule has 0 fully saturated rings. The number of esters is 1. The first-order chi connectivity index (χ1) is 20.5. The van der Waals surface area contributed by atoms with E-state index >= 15 is 0 Å². The fourth-order valence-electron chi connectivity index (χ4n) is 5.63. The molecule has 42 heavy (non-hydrogen) atoms. The van der Waals surface area contributed by atoms with Gasteiger partial charge in [-0.3, -0.25) is 9.36 Å². The minimum atomic E-state index is -0.816. The second-order valence-electron chi connectivity index (χ2n) is 9.85. The van der Waals surface area contributed by atoms with Crippen LogP contribution in [0.4, 0.5) is 0 Å². The second kappa shape index (κ2) is 11.3. The third-order valence-electron chi connectivity index (χ3n) is 7.42. The Morgan fingerprint density at radius 3 is 2.31 bits per heavy atom. The summed E-state index contributed by atoms with van der Waals surface area (Å²) < 4.78 is 19.2. The number of hydrogen-bond donors (Lipinski definition) is 0.